The smallest absolute Gasteiger partial charge is 0.150 e. The summed E-state index contributed by atoms with van der Waals surface area (Å²) in [6, 6.07) is 4.75. The van der Waals surface area contributed by atoms with Gasteiger partial charge in [0.1, 0.15) is 11.4 Å². The summed E-state index contributed by atoms with van der Waals surface area (Å²) in [5.41, 5.74) is 2.07. The maximum Gasteiger partial charge on any atom is 0.150 e. The van der Waals surface area contributed by atoms with Gasteiger partial charge in [-0.1, -0.05) is 17.7 Å². The molecule has 3 heteroatoms. The predicted molar refractivity (Wildman–Crippen MR) is 52.9 cm³/mol. The molecule has 3 nitrogen and oxygen atoms in total. The summed E-state index contributed by atoms with van der Waals surface area (Å²) in [5, 5.41) is 11.9. The number of hydrogen-bond donors (Lipinski definition) is 1. The van der Waals surface area contributed by atoms with E-state index in [1.807, 2.05) is 19.9 Å². The third-order valence-corrected chi connectivity index (χ3v) is 1.55. The van der Waals surface area contributed by atoms with Crippen LogP contribution in [0.1, 0.15) is 19.4 Å². The molecule has 0 amide bonds. The van der Waals surface area contributed by atoms with Crippen molar-refractivity contribution >= 4 is 11.8 Å². The van der Waals surface area contributed by atoms with Gasteiger partial charge in [0.25, 0.3) is 0 Å². The summed E-state index contributed by atoms with van der Waals surface area (Å²) in [6.07, 6.45) is 1.91. The van der Waals surface area contributed by atoms with Gasteiger partial charge in [0.05, 0.1) is 0 Å². The quantitative estimate of drug-likeness (QED) is 0.705. The van der Waals surface area contributed by atoms with E-state index >= 15 is 0 Å². The molecular weight excluding hydrogens is 166 g/mol. The molecule has 68 valence electrons. The third kappa shape index (κ3) is 2.40. The number of nitroso groups, excluding NO2 is 1. The lowest BCUT2D eigenvalue weighted by molar-refractivity contribution is 0.477. The molecule has 0 fully saturated rings. The minimum Gasteiger partial charge on any atom is -0.506 e. The molecule has 0 bridgehead atoms. The Morgan fingerprint density at radius 1 is 1.46 bits per heavy atom. The first-order valence-corrected chi connectivity index (χ1v) is 3.95. The van der Waals surface area contributed by atoms with Crippen LogP contribution in [0.3, 0.4) is 0 Å². The molecule has 0 aromatic heterocycles. The molecule has 0 saturated carbocycles. The maximum atomic E-state index is 10.2. The van der Waals surface area contributed by atoms with Crippen molar-refractivity contribution in [1.82, 2.24) is 0 Å². The molecule has 1 rings (SSSR count). The van der Waals surface area contributed by atoms with E-state index in [9.17, 15) is 4.91 Å². The van der Waals surface area contributed by atoms with Gasteiger partial charge in [0.2, 0.25) is 0 Å². The molecule has 0 spiro atoms. The number of nitrogens with zero attached hydrogens (tertiary/aromatic N) is 1. The van der Waals surface area contributed by atoms with Gasteiger partial charge in [-0.15, -0.1) is 4.91 Å². The van der Waals surface area contributed by atoms with Crippen LogP contribution in [-0.2, 0) is 0 Å². The Morgan fingerprint density at radius 2 is 2.15 bits per heavy atom. The number of phenols is 1. The number of benzene rings is 1. The molecule has 1 N–H and O–H groups in total. The van der Waals surface area contributed by atoms with Gasteiger partial charge in [0, 0.05) is 0 Å². The van der Waals surface area contributed by atoms with E-state index in [1.165, 1.54) is 6.07 Å². The second-order valence-electron chi connectivity index (χ2n) is 3.06. The molecule has 0 aliphatic carbocycles. The molecule has 0 radical (unpaired) electrons. The molecule has 0 aliphatic rings. The maximum absolute atomic E-state index is 10.2. The van der Waals surface area contributed by atoms with Gasteiger partial charge in [-0.3, -0.25) is 0 Å². The summed E-state index contributed by atoms with van der Waals surface area (Å²) < 4.78 is 0. The first kappa shape index (κ1) is 9.45. The lowest BCUT2D eigenvalue weighted by Gasteiger charge is -1.98. The average molecular weight is 177 g/mol. The Bertz CT molecular complexity index is 352. The van der Waals surface area contributed by atoms with Gasteiger partial charge >= 0.3 is 0 Å². The zero-order chi connectivity index (χ0) is 9.84. The summed E-state index contributed by atoms with van der Waals surface area (Å²) in [4.78, 5) is 10.2. The fourth-order valence-electron chi connectivity index (χ4n) is 1.04. The normalized spacial score (nSPS) is 9.38. The number of hydrogen-bond acceptors (Lipinski definition) is 3. The van der Waals surface area contributed by atoms with E-state index in [2.05, 4.69) is 5.18 Å². The number of phenolic OH excluding ortho intramolecular Hbond substituents is 1. The van der Waals surface area contributed by atoms with Crippen LogP contribution >= 0.6 is 0 Å². The Balaban J connectivity index is 3.14. The lowest BCUT2D eigenvalue weighted by Crippen LogP contribution is -1.74. The molecule has 13 heavy (non-hydrogen) atoms. The van der Waals surface area contributed by atoms with E-state index < -0.39 is 0 Å². The standard InChI is InChI=1S/C10H11NO2/c1-7(2)5-8-3-4-10(12)9(6-8)11-13/h3-6,12H,1-2H3. The third-order valence-electron chi connectivity index (χ3n) is 1.55. The van der Waals surface area contributed by atoms with Gasteiger partial charge in [-0.05, 0) is 36.7 Å². The minimum atomic E-state index is -0.0825. The van der Waals surface area contributed by atoms with Gasteiger partial charge in [0.15, 0.2) is 0 Å². The SMILES string of the molecule is CC(C)=Cc1ccc(O)c(N=O)c1. The fraction of sp³-hybridized carbons (Fsp3) is 0.200. The molecular formula is C10H11NO2. The molecule has 0 unspecified atom stereocenters. The van der Waals surface area contributed by atoms with Crippen LogP contribution in [-0.4, -0.2) is 5.11 Å². The summed E-state index contributed by atoms with van der Waals surface area (Å²) in [5.74, 6) is -0.0825. The summed E-state index contributed by atoms with van der Waals surface area (Å²) in [7, 11) is 0. The Kier molecular flexibility index (Phi) is 2.80. The van der Waals surface area contributed by atoms with Crippen molar-refractivity contribution in [2.24, 2.45) is 5.18 Å². The number of aromatic hydroxyl groups is 1. The highest BCUT2D eigenvalue weighted by atomic mass is 16.3. The van der Waals surface area contributed by atoms with Crippen LogP contribution in [0.25, 0.3) is 6.08 Å². The highest BCUT2D eigenvalue weighted by Crippen LogP contribution is 2.27. The monoisotopic (exact) mass is 177 g/mol. The van der Waals surface area contributed by atoms with Crippen LogP contribution in [0.2, 0.25) is 0 Å². The molecule has 0 saturated heterocycles. The van der Waals surface area contributed by atoms with Crippen LogP contribution in [0.15, 0.2) is 28.9 Å². The zero-order valence-electron chi connectivity index (χ0n) is 7.61. The fourth-order valence-corrected chi connectivity index (χ4v) is 1.04. The van der Waals surface area contributed by atoms with E-state index in [4.69, 9.17) is 5.11 Å². The van der Waals surface area contributed by atoms with Gasteiger partial charge in [-0.25, -0.2) is 0 Å². The van der Waals surface area contributed by atoms with Crippen molar-refractivity contribution in [3.05, 3.63) is 34.2 Å². The molecule has 0 atom stereocenters. The Hall–Kier alpha value is -1.64. The zero-order valence-corrected chi connectivity index (χ0v) is 7.61. The van der Waals surface area contributed by atoms with Crippen LogP contribution in [0.4, 0.5) is 5.69 Å². The van der Waals surface area contributed by atoms with E-state index in [0.29, 0.717) is 0 Å². The Morgan fingerprint density at radius 3 is 2.69 bits per heavy atom. The van der Waals surface area contributed by atoms with E-state index in [0.717, 1.165) is 11.1 Å². The first-order chi connectivity index (χ1) is 6.13. The molecule has 0 aliphatic heterocycles. The Labute approximate surface area is 76.7 Å². The summed E-state index contributed by atoms with van der Waals surface area (Å²) >= 11 is 0. The topological polar surface area (TPSA) is 49.7 Å². The second kappa shape index (κ2) is 3.85. The van der Waals surface area contributed by atoms with Crippen molar-refractivity contribution in [2.75, 3.05) is 0 Å². The van der Waals surface area contributed by atoms with Crippen molar-refractivity contribution in [3.8, 4) is 5.75 Å². The highest BCUT2D eigenvalue weighted by Gasteiger charge is 2.00. The van der Waals surface area contributed by atoms with Crippen LogP contribution < -0.4 is 0 Å². The predicted octanol–water partition coefficient (Wildman–Crippen LogP) is 3.21. The van der Waals surface area contributed by atoms with Gasteiger partial charge in [-0.2, -0.15) is 0 Å². The average Bonchev–Trinajstić information content (AvgIpc) is 2.07. The van der Waals surface area contributed by atoms with E-state index in [-0.39, 0.29) is 11.4 Å². The van der Waals surface area contributed by atoms with Crippen molar-refractivity contribution < 1.29 is 5.11 Å². The highest BCUT2D eigenvalue weighted by molar-refractivity contribution is 5.61. The lowest BCUT2D eigenvalue weighted by atomic mass is 10.1. The largest absolute Gasteiger partial charge is 0.506 e. The second-order valence-corrected chi connectivity index (χ2v) is 3.06. The van der Waals surface area contributed by atoms with E-state index in [1.54, 1.807) is 12.1 Å². The molecule has 1 aromatic carbocycles. The van der Waals surface area contributed by atoms with Crippen LogP contribution in [0.5, 0.6) is 5.75 Å². The number of allylic oxidation sites excluding steroid dienone is 1. The number of rotatable bonds is 2. The van der Waals surface area contributed by atoms with Crippen molar-refractivity contribution in [1.29, 1.82) is 0 Å². The van der Waals surface area contributed by atoms with Crippen molar-refractivity contribution in [3.63, 3.8) is 0 Å². The van der Waals surface area contributed by atoms with Crippen molar-refractivity contribution in [2.45, 2.75) is 13.8 Å². The summed E-state index contributed by atoms with van der Waals surface area (Å²) in [6.45, 7) is 3.92. The first-order valence-electron chi connectivity index (χ1n) is 3.95. The van der Waals surface area contributed by atoms with Crippen LogP contribution in [0, 0.1) is 4.91 Å². The van der Waals surface area contributed by atoms with Gasteiger partial charge < -0.3 is 5.11 Å². The minimum absolute atomic E-state index is 0.0787. The molecule has 0 heterocycles. The molecule has 1 aromatic rings.